The molecule has 1 heterocycles. The smallest absolute Gasteiger partial charge is 0.0710 e. The van der Waals surface area contributed by atoms with Crippen molar-refractivity contribution in [1.29, 1.82) is 0 Å². The topological polar surface area (TPSA) is 38.5 Å². The Morgan fingerprint density at radius 3 is 2.44 bits per heavy atom. The summed E-state index contributed by atoms with van der Waals surface area (Å²) < 4.78 is 5.48. The molecule has 2 aliphatic rings. The highest BCUT2D eigenvalue weighted by Gasteiger charge is 2.39. The van der Waals surface area contributed by atoms with E-state index in [2.05, 4.69) is 25.7 Å². The fraction of sp³-hybridized carbons (Fsp3) is 1.00. The minimum atomic E-state index is 0.360. The van der Waals surface area contributed by atoms with Crippen molar-refractivity contribution in [2.75, 3.05) is 20.2 Å². The lowest BCUT2D eigenvalue weighted by Gasteiger charge is -2.44. The first-order valence-electron chi connectivity index (χ1n) is 7.44. The summed E-state index contributed by atoms with van der Waals surface area (Å²) in [6, 6.07) is 0.933. The Kier molecular flexibility index (Phi) is 4.35. The Labute approximate surface area is 112 Å². The first kappa shape index (κ1) is 14.3. The Bertz CT molecular complexity index is 274. The van der Waals surface area contributed by atoms with Crippen LogP contribution in [0.2, 0.25) is 0 Å². The van der Waals surface area contributed by atoms with Crippen LogP contribution < -0.4 is 5.73 Å². The summed E-state index contributed by atoms with van der Waals surface area (Å²) >= 11 is 0. The van der Waals surface area contributed by atoms with Crippen LogP contribution in [0.1, 0.15) is 46.5 Å². The molecule has 4 atom stereocenters. The standard InChI is InChI=1S/C15H30N2O/c1-15(2,3)11-5-6-13(16)14(9-11)17-8-7-12(10-17)18-4/h11-14H,5-10,16H2,1-4H3. The molecular weight excluding hydrogens is 224 g/mol. The number of nitrogens with zero attached hydrogens (tertiary/aromatic N) is 1. The van der Waals surface area contributed by atoms with Crippen LogP contribution in [0.4, 0.5) is 0 Å². The molecule has 0 bridgehead atoms. The highest BCUT2D eigenvalue weighted by molar-refractivity contribution is 4.95. The van der Waals surface area contributed by atoms with Gasteiger partial charge in [-0.1, -0.05) is 20.8 Å². The molecule has 2 rings (SSSR count). The van der Waals surface area contributed by atoms with Crippen LogP contribution in [0.25, 0.3) is 0 Å². The molecular formula is C15H30N2O. The van der Waals surface area contributed by atoms with E-state index in [1.807, 2.05) is 7.11 Å². The second-order valence-electron chi connectivity index (χ2n) is 7.25. The Morgan fingerprint density at radius 2 is 1.89 bits per heavy atom. The normalized spacial score (nSPS) is 39.2. The quantitative estimate of drug-likeness (QED) is 0.821. The van der Waals surface area contributed by atoms with Crippen molar-refractivity contribution in [3.05, 3.63) is 0 Å². The molecule has 0 aromatic carbocycles. The zero-order valence-corrected chi connectivity index (χ0v) is 12.5. The molecule has 2 N–H and O–H groups in total. The summed E-state index contributed by atoms with van der Waals surface area (Å²) in [5.41, 5.74) is 6.78. The van der Waals surface area contributed by atoms with E-state index in [4.69, 9.17) is 10.5 Å². The van der Waals surface area contributed by atoms with Gasteiger partial charge in [0.1, 0.15) is 0 Å². The van der Waals surface area contributed by atoms with Gasteiger partial charge in [0.15, 0.2) is 0 Å². The van der Waals surface area contributed by atoms with Crippen molar-refractivity contribution < 1.29 is 4.74 Å². The molecule has 3 heteroatoms. The van der Waals surface area contributed by atoms with Crippen LogP contribution in [0.5, 0.6) is 0 Å². The van der Waals surface area contributed by atoms with Gasteiger partial charge in [-0.2, -0.15) is 0 Å². The Morgan fingerprint density at radius 1 is 1.17 bits per heavy atom. The average molecular weight is 254 g/mol. The molecule has 18 heavy (non-hydrogen) atoms. The van der Waals surface area contributed by atoms with E-state index in [-0.39, 0.29) is 0 Å². The highest BCUT2D eigenvalue weighted by atomic mass is 16.5. The largest absolute Gasteiger partial charge is 0.380 e. The third kappa shape index (κ3) is 3.06. The summed E-state index contributed by atoms with van der Waals surface area (Å²) in [5.74, 6) is 0.809. The Balaban J connectivity index is 1.98. The van der Waals surface area contributed by atoms with Crippen molar-refractivity contribution >= 4 is 0 Å². The summed E-state index contributed by atoms with van der Waals surface area (Å²) in [4.78, 5) is 2.58. The van der Waals surface area contributed by atoms with E-state index in [1.54, 1.807) is 0 Å². The molecule has 0 amide bonds. The van der Waals surface area contributed by atoms with Crippen molar-refractivity contribution in [2.24, 2.45) is 17.1 Å². The number of hydrogen-bond acceptors (Lipinski definition) is 3. The summed E-state index contributed by atoms with van der Waals surface area (Å²) in [7, 11) is 1.83. The zero-order chi connectivity index (χ0) is 13.3. The van der Waals surface area contributed by atoms with E-state index in [0.717, 1.165) is 19.0 Å². The van der Waals surface area contributed by atoms with Gasteiger partial charge < -0.3 is 10.5 Å². The Hall–Kier alpha value is -0.120. The zero-order valence-electron chi connectivity index (χ0n) is 12.5. The lowest BCUT2D eigenvalue weighted by molar-refractivity contribution is 0.0626. The fourth-order valence-electron chi connectivity index (χ4n) is 3.62. The summed E-state index contributed by atoms with van der Waals surface area (Å²) in [6.45, 7) is 9.34. The molecule has 1 saturated carbocycles. The van der Waals surface area contributed by atoms with Gasteiger partial charge in [-0.15, -0.1) is 0 Å². The number of ether oxygens (including phenoxy) is 1. The van der Waals surface area contributed by atoms with Gasteiger partial charge >= 0.3 is 0 Å². The summed E-state index contributed by atoms with van der Waals surface area (Å²) in [6.07, 6.45) is 5.33. The van der Waals surface area contributed by atoms with E-state index in [1.165, 1.54) is 25.7 Å². The van der Waals surface area contributed by atoms with Gasteiger partial charge in [0.2, 0.25) is 0 Å². The third-order valence-electron chi connectivity index (χ3n) is 5.07. The maximum absolute atomic E-state index is 6.37. The maximum atomic E-state index is 6.37. The molecule has 0 aromatic heterocycles. The third-order valence-corrected chi connectivity index (χ3v) is 5.07. The predicted molar refractivity (Wildman–Crippen MR) is 75.5 cm³/mol. The minimum Gasteiger partial charge on any atom is -0.380 e. The highest BCUT2D eigenvalue weighted by Crippen LogP contribution is 2.39. The van der Waals surface area contributed by atoms with Gasteiger partial charge in [-0.25, -0.2) is 0 Å². The van der Waals surface area contributed by atoms with Crippen molar-refractivity contribution in [3.63, 3.8) is 0 Å². The van der Waals surface area contributed by atoms with Gasteiger partial charge in [0.05, 0.1) is 6.10 Å². The predicted octanol–water partition coefficient (Wildman–Crippen LogP) is 2.25. The van der Waals surface area contributed by atoms with Crippen LogP contribution in [0, 0.1) is 11.3 Å². The van der Waals surface area contributed by atoms with Crippen molar-refractivity contribution in [3.8, 4) is 0 Å². The van der Waals surface area contributed by atoms with Crippen LogP contribution in [-0.4, -0.2) is 43.3 Å². The maximum Gasteiger partial charge on any atom is 0.0710 e. The van der Waals surface area contributed by atoms with Gasteiger partial charge in [0, 0.05) is 32.3 Å². The SMILES string of the molecule is COC1CCN(C2CC(C(C)(C)C)CCC2N)C1. The van der Waals surface area contributed by atoms with Crippen LogP contribution in [-0.2, 0) is 4.74 Å². The molecule has 1 saturated heterocycles. The molecule has 3 nitrogen and oxygen atoms in total. The second kappa shape index (κ2) is 5.48. The van der Waals surface area contributed by atoms with Gasteiger partial charge in [0.25, 0.3) is 0 Å². The summed E-state index contributed by atoms with van der Waals surface area (Å²) in [5, 5.41) is 0. The average Bonchev–Trinajstić information content (AvgIpc) is 2.76. The van der Waals surface area contributed by atoms with E-state index >= 15 is 0 Å². The lowest BCUT2D eigenvalue weighted by Crippen LogP contribution is -2.52. The van der Waals surface area contributed by atoms with Gasteiger partial charge in [-0.3, -0.25) is 4.90 Å². The fourth-order valence-corrected chi connectivity index (χ4v) is 3.62. The van der Waals surface area contributed by atoms with E-state index in [0.29, 0.717) is 23.6 Å². The van der Waals surface area contributed by atoms with Crippen LogP contribution in [0.3, 0.4) is 0 Å². The number of likely N-dealkylation sites (tertiary alicyclic amines) is 1. The molecule has 0 spiro atoms. The molecule has 0 aromatic rings. The van der Waals surface area contributed by atoms with Crippen LogP contribution in [0.15, 0.2) is 0 Å². The first-order valence-corrected chi connectivity index (χ1v) is 7.44. The first-order chi connectivity index (χ1) is 8.41. The molecule has 2 fully saturated rings. The molecule has 4 unspecified atom stereocenters. The van der Waals surface area contributed by atoms with E-state index in [9.17, 15) is 0 Å². The van der Waals surface area contributed by atoms with Gasteiger partial charge in [-0.05, 0) is 37.0 Å². The number of methoxy groups -OCH3 is 1. The van der Waals surface area contributed by atoms with Crippen LogP contribution >= 0.6 is 0 Å². The van der Waals surface area contributed by atoms with E-state index < -0.39 is 0 Å². The molecule has 106 valence electrons. The number of nitrogens with two attached hydrogens (primary N) is 1. The van der Waals surface area contributed by atoms with Crippen molar-refractivity contribution in [2.45, 2.75) is 64.6 Å². The lowest BCUT2D eigenvalue weighted by atomic mass is 9.69. The molecule has 1 aliphatic carbocycles. The minimum absolute atomic E-state index is 0.360. The molecule has 0 radical (unpaired) electrons. The monoisotopic (exact) mass is 254 g/mol. The molecule has 1 aliphatic heterocycles. The van der Waals surface area contributed by atoms with Crippen molar-refractivity contribution in [1.82, 2.24) is 4.90 Å². The second-order valence-corrected chi connectivity index (χ2v) is 7.25. The number of rotatable bonds is 2. The number of hydrogen-bond donors (Lipinski definition) is 1.